The Labute approximate surface area is 151 Å². The van der Waals surface area contributed by atoms with Gasteiger partial charge in [0.1, 0.15) is 23.0 Å². The van der Waals surface area contributed by atoms with E-state index in [9.17, 15) is 10.2 Å². The Morgan fingerprint density at radius 1 is 0.346 bits per heavy atom. The summed E-state index contributed by atoms with van der Waals surface area (Å²) in [5.41, 5.74) is 0. The van der Waals surface area contributed by atoms with Crippen molar-refractivity contribution in [2.75, 3.05) is 0 Å². The van der Waals surface area contributed by atoms with Gasteiger partial charge in [-0.05, 0) is 36.4 Å². The first-order valence-corrected chi connectivity index (χ1v) is 7.95. The van der Waals surface area contributed by atoms with Crippen molar-refractivity contribution in [2.24, 2.45) is 0 Å². The van der Waals surface area contributed by atoms with Gasteiger partial charge in [0.2, 0.25) is 0 Å². The second-order valence-electron chi connectivity index (χ2n) is 5.32. The van der Waals surface area contributed by atoms with Gasteiger partial charge in [-0.1, -0.05) is 60.7 Å². The van der Waals surface area contributed by atoms with Crippen LogP contribution < -0.4 is 0 Å². The summed E-state index contributed by atoms with van der Waals surface area (Å²) in [6.07, 6.45) is 0. The van der Waals surface area contributed by atoms with Crippen molar-refractivity contribution < 1.29 is 20.4 Å². The Hall–Kier alpha value is -3.66. The molecular weight excluding hydrogens is 328 g/mol. The molecule has 0 saturated carbocycles. The van der Waals surface area contributed by atoms with Gasteiger partial charge in [-0.2, -0.15) is 0 Å². The fourth-order valence-electron chi connectivity index (χ4n) is 2.13. The smallest absolute Gasteiger partial charge is 0.123 e. The van der Waals surface area contributed by atoms with E-state index in [0.29, 0.717) is 22.3 Å². The summed E-state index contributed by atoms with van der Waals surface area (Å²) < 4.78 is 0. The third kappa shape index (κ3) is 5.76. The molecule has 4 N–H and O–H groups in total. The predicted octanol–water partition coefficient (Wildman–Crippen LogP) is 5.04. The summed E-state index contributed by atoms with van der Waals surface area (Å²) in [6, 6.07) is 27.6. The Balaban J connectivity index is 0.000000150. The molecule has 0 amide bonds. The number of phenols is 4. The molecule has 0 unspecified atom stereocenters. The molecule has 4 heteroatoms. The van der Waals surface area contributed by atoms with Crippen LogP contribution in [0.2, 0.25) is 0 Å². The van der Waals surface area contributed by atoms with Crippen LogP contribution in [0.15, 0.2) is 97.1 Å². The zero-order valence-corrected chi connectivity index (χ0v) is 14.0. The van der Waals surface area contributed by atoms with Crippen molar-refractivity contribution in [3.8, 4) is 23.0 Å². The van der Waals surface area contributed by atoms with Gasteiger partial charge in [-0.25, -0.2) is 0 Å². The number of benzene rings is 4. The summed E-state index contributed by atoms with van der Waals surface area (Å²) in [4.78, 5) is 0. The first-order valence-electron chi connectivity index (χ1n) is 7.95. The lowest BCUT2D eigenvalue weighted by atomic mass is 10.1. The van der Waals surface area contributed by atoms with Crippen LogP contribution in [-0.4, -0.2) is 20.4 Å². The van der Waals surface area contributed by atoms with Crippen molar-refractivity contribution in [3.63, 3.8) is 0 Å². The Morgan fingerprint density at radius 3 is 0.962 bits per heavy atom. The molecule has 0 aliphatic rings. The number of para-hydroxylation sites is 2. The van der Waals surface area contributed by atoms with Gasteiger partial charge in [0.05, 0.1) is 0 Å². The van der Waals surface area contributed by atoms with E-state index in [1.165, 1.54) is 0 Å². The normalized spacial score (nSPS) is 9.38. The van der Waals surface area contributed by atoms with Crippen molar-refractivity contribution in [1.29, 1.82) is 0 Å². The predicted molar refractivity (Wildman–Crippen MR) is 103 cm³/mol. The van der Waals surface area contributed by atoms with Crippen molar-refractivity contribution in [3.05, 3.63) is 97.1 Å². The van der Waals surface area contributed by atoms with Gasteiger partial charge >= 0.3 is 0 Å². The SMILES string of the molecule is Oc1cccc2c(O)cccc12.Oc1ccccc1.Oc1ccccc1. The van der Waals surface area contributed by atoms with Crippen LogP contribution in [0.3, 0.4) is 0 Å². The molecule has 0 aliphatic heterocycles. The van der Waals surface area contributed by atoms with Crippen LogP contribution in [0.4, 0.5) is 0 Å². The van der Waals surface area contributed by atoms with Gasteiger partial charge in [0, 0.05) is 10.8 Å². The van der Waals surface area contributed by atoms with Crippen LogP contribution in [0.1, 0.15) is 0 Å². The van der Waals surface area contributed by atoms with Crippen LogP contribution in [0.25, 0.3) is 10.8 Å². The van der Waals surface area contributed by atoms with Crippen LogP contribution >= 0.6 is 0 Å². The molecule has 0 spiro atoms. The molecule has 26 heavy (non-hydrogen) atoms. The van der Waals surface area contributed by atoms with Crippen molar-refractivity contribution in [2.45, 2.75) is 0 Å². The molecule has 0 fully saturated rings. The number of hydrogen-bond donors (Lipinski definition) is 4. The number of aromatic hydroxyl groups is 4. The average Bonchev–Trinajstić information content (AvgIpc) is 2.65. The van der Waals surface area contributed by atoms with Crippen LogP contribution in [0.5, 0.6) is 23.0 Å². The molecule has 0 saturated heterocycles. The minimum Gasteiger partial charge on any atom is -0.508 e. The number of rotatable bonds is 0. The van der Waals surface area contributed by atoms with E-state index in [1.54, 1.807) is 84.9 Å². The maximum Gasteiger partial charge on any atom is 0.123 e. The second-order valence-corrected chi connectivity index (χ2v) is 5.32. The molecule has 4 aromatic carbocycles. The lowest BCUT2D eigenvalue weighted by molar-refractivity contribution is 0.475. The first-order chi connectivity index (χ1) is 12.6. The Bertz CT molecular complexity index is 844. The van der Waals surface area contributed by atoms with E-state index in [-0.39, 0.29) is 11.5 Å². The molecule has 4 rings (SSSR count). The van der Waals surface area contributed by atoms with Gasteiger partial charge in [0.25, 0.3) is 0 Å². The molecule has 4 nitrogen and oxygen atoms in total. The number of fused-ring (bicyclic) bond motifs is 1. The molecule has 0 bridgehead atoms. The highest BCUT2D eigenvalue weighted by Crippen LogP contribution is 2.29. The maximum absolute atomic E-state index is 9.38. The lowest BCUT2D eigenvalue weighted by Gasteiger charge is -2.01. The zero-order valence-electron chi connectivity index (χ0n) is 14.0. The summed E-state index contributed by atoms with van der Waals surface area (Å²) in [6.45, 7) is 0. The lowest BCUT2D eigenvalue weighted by Crippen LogP contribution is -1.73. The molecule has 4 aromatic rings. The highest BCUT2D eigenvalue weighted by Gasteiger charge is 2.00. The molecule has 0 heterocycles. The Morgan fingerprint density at radius 2 is 0.692 bits per heavy atom. The van der Waals surface area contributed by atoms with Crippen LogP contribution in [-0.2, 0) is 0 Å². The van der Waals surface area contributed by atoms with E-state index >= 15 is 0 Å². The quantitative estimate of drug-likeness (QED) is 0.359. The topological polar surface area (TPSA) is 80.9 Å². The molecule has 0 radical (unpaired) electrons. The average molecular weight is 348 g/mol. The minimum absolute atomic E-state index is 0.198. The third-order valence-corrected chi connectivity index (χ3v) is 3.39. The number of hydrogen-bond acceptors (Lipinski definition) is 4. The summed E-state index contributed by atoms with van der Waals surface area (Å²) in [5.74, 6) is 1.04. The van der Waals surface area contributed by atoms with Crippen LogP contribution in [0, 0.1) is 0 Å². The maximum atomic E-state index is 9.38. The van der Waals surface area contributed by atoms with E-state index in [0.717, 1.165) is 0 Å². The summed E-state index contributed by atoms with van der Waals surface area (Å²) in [7, 11) is 0. The molecule has 0 atom stereocenters. The standard InChI is InChI=1S/C10H8O2.2C6H6O/c11-9-5-1-3-7-8(9)4-2-6-10(7)12;2*7-6-4-2-1-3-5-6/h1-6,11-12H;2*1-5,7H. The molecular formula is C22H20O4. The van der Waals surface area contributed by atoms with E-state index in [1.807, 2.05) is 12.1 Å². The van der Waals surface area contributed by atoms with Crippen molar-refractivity contribution in [1.82, 2.24) is 0 Å². The van der Waals surface area contributed by atoms with Gasteiger partial charge in [-0.15, -0.1) is 0 Å². The largest absolute Gasteiger partial charge is 0.508 e. The zero-order chi connectivity index (χ0) is 18.8. The fraction of sp³-hybridized carbons (Fsp3) is 0. The van der Waals surface area contributed by atoms with E-state index < -0.39 is 0 Å². The Kier molecular flexibility index (Phi) is 6.89. The highest BCUT2D eigenvalue weighted by atomic mass is 16.3. The van der Waals surface area contributed by atoms with Gasteiger partial charge < -0.3 is 20.4 Å². The number of phenolic OH excluding ortho intramolecular Hbond substituents is 4. The van der Waals surface area contributed by atoms with Crippen molar-refractivity contribution >= 4 is 10.8 Å². The summed E-state index contributed by atoms with van der Waals surface area (Å²) in [5, 5.41) is 37.4. The van der Waals surface area contributed by atoms with E-state index in [2.05, 4.69) is 0 Å². The second kappa shape index (κ2) is 9.59. The monoisotopic (exact) mass is 348 g/mol. The molecule has 0 aliphatic carbocycles. The molecule has 132 valence electrons. The minimum atomic E-state index is 0.198. The van der Waals surface area contributed by atoms with Gasteiger partial charge in [-0.3, -0.25) is 0 Å². The van der Waals surface area contributed by atoms with E-state index in [4.69, 9.17) is 10.2 Å². The van der Waals surface area contributed by atoms with Gasteiger partial charge in [0.15, 0.2) is 0 Å². The highest BCUT2D eigenvalue weighted by molar-refractivity contribution is 5.92. The summed E-state index contributed by atoms with van der Waals surface area (Å²) >= 11 is 0. The molecule has 0 aromatic heterocycles. The first kappa shape index (κ1) is 18.7. The fourth-order valence-corrected chi connectivity index (χ4v) is 2.13. The third-order valence-electron chi connectivity index (χ3n) is 3.39.